The van der Waals surface area contributed by atoms with Crippen LogP contribution in [0.4, 0.5) is 10.3 Å². The average molecular weight is 269 g/mol. The van der Waals surface area contributed by atoms with Gasteiger partial charge in [0.1, 0.15) is 11.5 Å². The molecule has 0 fully saturated rings. The molecule has 0 bridgehead atoms. The third-order valence-corrected chi connectivity index (χ3v) is 3.12. The van der Waals surface area contributed by atoms with Crippen LogP contribution in [0.2, 0.25) is 0 Å². The lowest BCUT2D eigenvalue weighted by molar-refractivity contribution is 0.439. The fourth-order valence-corrected chi connectivity index (χ4v) is 2.15. The third kappa shape index (κ3) is 1.93. The maximum Gasteiger partial charge on any atom is 0.230 e. The topological polar surface area (TPSA) is 64.9 Å². The zero-order valence-corrected chi connectivity index (χ0v) is 10.8. The number of aryl methyl sites for hydroxylation is 1. The van der Waals surface area contributed by atoms with E-state index in [2.05, 4.69) is 10.1 Å². The summed E-state index contributed by atoms with van der Waals surface area (Å²) in [5, 5.41) is 3.96. The van der Waals surface area contributed by atoms with Crippen molar-refractivity contribution in [1.82, 2.24) is 10.1 Å². The summed E-state index contributed by atoms with van der Waals surface area (Å²) in [7, 11) is 0. The van der Waals surface area contributed by atoms with Crippen molar-refractivity contribution in [3.05, 3.63) is 54.1 Å². The number of aromatic nitrogens is 2. The van der Waals surface area contributed by atoms with Crippen LogP contribution in [0, 0.1) is 12.7 Å². The standard InChI is InChI=1S/C15H12FN3O/c1-9-10(6-4-8-18-9)14-13(15(17)20-19-14)11-5-2-3-7-12(11)16/h2-8H,17H2,1H3. The Morgan fingerprint density at radius 2 is 1.85 bits per heavy atom. The van der Waals surface area contributed by atoms with Crippen molar-refractivity contribution in [2.24, 2.45) is 0 Å². The first-order valence-corrected chi connectivity index (χ1v) is 6.10. The highest BCUT2D eigenvalue weighted by molar-refractivity contribution is 5.87. The van der Waals surface area contributed by atoms with Crippen LogP contribution in [0.3, 0.4) is 0 Å². The summed E-state index contributed by atoms with van der Waals surface area (Å²) in [5.41, 5.74) is 8.68. The number of hydrogen-bond donors (Lipinski definition) is 1. The SMILES string of the molecule is Cc1ncccc1-c1noc(N)c1-c1ccccc1F. The molecule has 0 saturated carbocycles. The van der Waals surface area contributed by atoms with E-state index >= 15 is 0 Å². The van der Waals surface area contributed by atoms with Crippen molar-refractivity contribution >= 4 is 5.88 Å². The highest BCUT2D eigenvalue weighted by Gasteiger charge is 2.21. The maximum atomic E-state index is 14.0. The van der Waals surface area contributed by atoms with E-state index in [0.29, 0.717) is 16.8 Å². The van der Waals surface area contributed by atoms with Gasteiger partial charge in [0.2, 0.25) is 5.88 Å². The number of benzene rings is 1. The summed E-state index contributed by atoms with van der Waals surface area (Å²) in [4.78, 5) is 4.21. The number of anilines is 1. The molecule has 100 valence electrons. The number of nitrogens with zero attached hydrogens (tertiary/aromatic N) is 2. The molecule has 0 amide bonds. The first-order valence-electron chi connectivity index (χ1n) is 6.10. The number of rotatable bonds is 2. The normalized spacial score (nSPS) is 10.7. The van der Waals surface area contributed by atoms with E-state index in [1.165, 1.54) is 6.07 Å². The lowest BCUT2D eigenvalue weighted by atomic mass is 10.00. The van der Waals surface area contributed by atoms with Crippen LogP contribution >= 0.6 is 0 Å². The van der Waals surface area contributed by atoms with E-state index in [4.69, 9.17) is 10.3 Å². The number of halogens is 1. The van der Waals surface area contributed by atoms with Gasteiger partial charge in [0.15, 0.2) is 0 Å². The van der Waals surface area contributed by atoms with Crippen LogP contribution in [0.1, 0.15) is 5.69 Å². The Hall–Kier alpha value is -2.69. The van der Waals surface area contributed by atoms with Gasteiger partial charge in [0.25, 0.3) is 0 Å². The first-order chi connectivity index (χ1) is 9.68. The second kappa shape index (κ2) is 4.77. The molecule has 0 radical (unpaired) electrons. The lowest BCUT2D eigenvalue weighted by Crippen LogP contribution is -1.92. The fourth-order valence-electron chi connectivity index (χ4n) is 2.15. The minimum absolute atomic E-state index is 0.0911. The van der Waals surface area contributed by atoms with E-state index in [9.17, 15) is 4.39 Å². The van der Waals surface area contributed by atoms with Crippen LogP contribution in [-0.4, -0.2) is 10.1 Å². The molecule has 4 nitrogen and oxygen atoms in total. The van der Waals surface area contributed by atoms with Gasteiger partial charge in [0, 0.05) is 23.0 Å². The van der Waals surface area contributed by atoms with Gasteiger partial charge in [0.05, 0.1) is 5.56 Å². The van der Waals surface area contributed by atoms with Crippen LogP contribution in [-0.2, 0) is 0 Å². The Balaban J connectivity index is 2.26. The predicted molar refractivity (Wildman–Crippen MR) is 74.3 cm³/mol. The van der Waals surface area contributed by atoms with Gasteiger partial charge in [-0.25, -0.2) is 4.39 Å². The number of hydrogen-bond acceptors (Lipinski definition) is 4. The number of nitrogens with two attached hydrogens (primary N) is 1. The van der Waals surface area contributed by atoms with Crippen molar-refractivity contribution in [1.29, 1.82) is 0 Å². The molecule has 0 spiro atoms. The molecule has 0 unspecified atom stereocenters. The smallest absolute Gasteiger partial charge is 0.230 e. The third-order valence-electron chi connectivity index (χ3n) is 3.12. The molecular weight excluding hydrogens is 257 g/mol. The highest BCUT2D eigenvalue weighted by atomic mass is 19.1. The van der Waals surface area contributed by atoms with Gasteiger partial charge >= 0.3 is 0 Å². The molecule has 0 atom stereocenters. The minimum atomic E-state index is -0.370. The largest absolute Gasteiger partial charge is 0.367 e. The molecule has 2 aromatic heterocycles. The molecule has 3 rings (SSSR count). The van der Waals surface area contributed by atoms with Crippen LogP contribution in [0.25, 0.3) is 22.4 Å². The molecule has 1 aromatic carbocycles. The van der Waals surface area contributed by atoms with Crippen LogP contribution < -0.4 is 5.73 Å². The molecule has 0 aliphatic carbocycles. The van der Waals surface area contributed by atoms with E-state index in [1.54, 1.807) is 30.5 Å². The Morgan fingerprint density at radius 3 is 2.60 bits per heavy atom. The number of nitrogen functional groups attached to an aromatic ring is 1. The number of pyridine rings is 1. The van der Waals surface area contributed by atoms with Crippen molar-refractivity contribution in [2.75, 3.05) is 5.73 Å². The van der Waals surface area contributed by atoms with Gasteiger partial charge in [-0.3, -0.25) is 4.98 Å². The Kier molecular flexibility index (Phi) is 2.95. The molecule has 0 aliphatic rings. The summed E-state index contributed by atoms with van der Waals surface area (Å²) >= 11 is 0. The van der Waals surface area contributed by atoms with Gasteiger partial charge < -0.3 is 10.3 Å². The molecule has 2 N–H and O–H groups in total. The quantitative estimate of drug-likeness (QED) is 0.774. The predicted octanol–water partition coefficient (Wildman–Crippen LogP) is 3.43. The van der Waals surface area contributed by atoms with Crippen molar-refractivity contribution in [3.63, 3.8) is 0 Å². The maximum absolute atomic E-state index is 14.0. The monoisotopic (exact) mass is 269 g/mol. The van der Waals surface area contributed by atoms with Crippen LogP contribution in [0.5, 0.6) is 0 Å². The molecule has 0 aliphatic heterocycles. The van der Waals surface area contributed by atoms with E-state index < -0.39 is 0 Å². The average Bonchev–Trinajstić information content (AvgIpc) is 2.82. The molecule has 0 saturated heterocycles. The molecule has 3 aromatic rings. The lowest BCUT2D eigenvalue weighted by Gasteiger charge is -2.05. The van der Waals surface area contributed by atoms with Crippen LogP contribution in [0.15, 0.2) is 47.1 Å². The minimum Gasteiger partial charge on any atom is -0.367 e. The first kappa shape index (κ1) is 12.3. The zero-order chi connectivity index (χ0) is 14.1. The zero-order valence-electron chi connectivity index (χ0n) is 10.8. The van der Waals surface area contributed by atoms with E-state index in [1.807, 2.05) is 13.0 Å². The van der Waals surface area contributed by atoms with Gasteiger partial charge in [-0.15, -0.1) is 0 Å². The van der Waals surface area contributed by atoms with Gasteiger partial charge in [-0.1, -0.05) is 23.4 Å². The van der Waals surface area contributed by atoms with Gasteiger partial charge in [-0.05, 0) is 25.1 Å². The summed E-state index contributed by atoms with van der Waals surface area (Å²) in [5.74, 6) is -0.279. The second-order valence-corrected chi connectivity index (χ2v) is 4.39. The second-order valence-electron chi connectivity index (χ2n) is 4.39. The summed E-state index contributed by atoms with van der Waals surface area (Å²) in [6, 6.07) is 10.0. The Labute approximate surface area is 115 Å². The Morgan fingerprint density at radius 1 is 1.10 bits per heavy atom. The Bertz CT molecular complexity index is 767. The molecule has 5 heteroatoms. The van der Waals surface area contributed by atoms with E-state index in [-0.39, 0.29) is 11.7 Å². The van der Waals surface area contributed by atoms with E-state index in [0.717, 1.165) is 11.3 Å². The van der Waals surface area contributed by atoms with Crippen molar-refractivity contribution in [3.8, 4) is 22.4 Å². The fraction of sp³-hybridized carbons (Fsp3) is 0.0667. The summed E-state index contributed by atoms with van der Waals surface area (Å²) in [6.45, 7) is 1.85. The van der Waals surface area contributed by atoms with Gasteiger partial charge in [-0.2, -0.15) is 0 Å². The highest BCUT2D eigenvalue weighted by Crippen LogP contribution is 2.37. The van der Waals surface area contributed by atoms with Crippen molar-refractivity contribution in [2.45, 2.75) is 6.92 Å². The molecule has 20 heavy (non-hydrogen) atoms. The van der Waals surface area contributed by atoms with Crippen molar-refractivity contribution < 1.29 is 8.91 Å². The molecule has 2 heterocycles. The molecular formula is C15H12FN3O. The summed E-state index contributed by atoms with van der Waals surface area (Å²) < 4.78 is 19.0. The summed E-state index contributed by atoms with van der Waals surface area (Å²) in [6.07, 6.45) is 1.69.